The normalized spacial score (nSPS) is 18.7. The Kier molecular flexibility index (Phi) is 10.2. The molecule has 0 radical (unpaired) electrons. The maximum absolute atomic E-state index is 5.99. The number of nitrogens with one attached hydrogen (secondary N) is 2. The summed E-state index contributed by atoms with van der Waals surface area (Å²) in [6.45, 7) is 11.1. The first-order valence-electron chi connectivity index (χ1n) is 10.7. The number of methoxy groups -OCH3 is 1. The van der Waals surface area contributed by atoms with Gasteiger partial charge in [0.15, 0.2) is 5.96 Å². The highest BCUT2D eigenvalue weighted by molar-refractivity contribution is 5.79. The average Bonchev–Trinajstić information content (AvgIpc) is 2.70. The minimum atomic E-state index is 0.483. The number of nitrogens with zero attached hydrogens (tertiary/aromatic N) is 3. The number of likely N-dealkylation sites (N-methyl/N-ethyl adjacent to an activating group) is 2. The van der Waals surface area contributed by atoms with Crippen LogP contribution >= 0.6 is 0 Å². The Hall–Kier alpha value is -1.83. The van der Waals surface area contributed by atoms with Gasteiger partial charge in [0.2, 0.25) is 0 Å². The van der Waals surface area contributed by atoms with Gasteiger partial charge in [-0.1, -0.05) is 12.1 Å². The predicted molar refractivity (Wildman–Crippen MR) is 120 cm³/mol. The number of benzene rings is 1. The quantitative estimate of drug-likeness (QED) is 0.351. The lowest BCUT2D eigenvalue weighted by Gasteiger charge is -2.37. The Morgan fingerprint density at radius 1 is 1.21 bits per heavy atom. The van der Waals surface area contributed by atoms with Crippen LogP contribution < -0.4 is 15.4 Å². The van der Waals surface area contributed by atoms with E-state index in [0.29, 0.717) is 25.8 Å². The largest absolute Gasteiger partial charge is 0.493 e. The van der Waals surface area contributed by atoms with Crippen LogP contribution in [0.5, 0.6) is 5.75 Å². The van der Waals surface area contributed by atoms with Crippen LogP contribution in [0.2, 0.25) is 0 Å². The monoisotopic (exact) mass is 405 g/mol. The summed E-state index contributed by atoms with van der Waals surface area (Å²) in [6.07, 6.45) is 0.876. The molecule has 164 valence electrons. The fraction of sp³-hybridized carbons (Fsp3) is 0.682. The number of hydrogen-bond donors (Lipinski definition) is 2. The van der Waals surface area contributed by atoms with E-state index in [4.69, 9.17) is 14.5 Å². The minimum absolute atomic E-state index is 0.483. The van der Waals surface area contributed by atoms with Gasteiger partial charge >= 0.3 is 0 Å². The van der Waals surface area contributed by atoms with Gasteiger partial charge in [0.1, 0.15) is 5.75 Å². The van der Waals surface area contributed by atoms with Crippen LogP contribution in [0.3, 0.4) is 0 Å². The number of ether oxygens (including phenoxy) is 2. The van der Waals surface area contributed by atoms with E-state index in [2.05, 4.69) is 66.6 Å². The van der Waals surface area contributed by atoms with E-state index < -0.39 is 0 Å². The summed E-state index contributed by atoms with van der Waals surface area (Å²) in [7, 11) is 6.10. The van der Waals surface area contributed by atoms with E-state index in [0.717, 1.165) is 56.4 Å². The molecule has 1 heterocycles. The molecule has 1 aromatic rings. The van der Waals surface area contributed by atoms with Gasteiger partial charge in [-0.15, -0.1) is 0 Å². The molecule has 1 aromatic carbocycles. The van der Waals surface area contributed by atoms with E-state index >= 15 is 0 Å². The van der Waals surface area contributed by atoms with Crippen molar-refractivity contribution in [3.8, 4) is 5.75 Å². The molecule has 1 unspecified atom stereocenters. The van der Waals surface area contributed by atoms with E-state index in [-0.39, 0.29) is 0 Å². The highest BCUT2D eigenvalue weighted by Crippen LogP contribution is 2.21. The van der Waals surface area contributed by atoms with Crippen molar-refractivity contribution in [1.29, 1.82) is 0 Å². The van der Waals surface area contributed by atoms with Crippen molar-refractivity contribution >= 4 is 5.96 Å². The molecule has 0 aromatic heterocycles. The topological polar surface area (TPSA) is 61.4 Å². The Morgan fingerprint density at radius 2 is 2.03 bits per heavy atom. The van der Waals surface area contributed by atoms with E-state index in [1.165, 1.54) is 5.56 Å². The molecule has 1 saturated heterocycles. The Bertz CT molecular complexity index is 638. The summed E-state index contributed by atoms with van der Waals surface area (Å²) in [6, 6.07) is 6.79. The summed E-state index contributed by atoms with van der Waals surface area (Å²) in [4.78, 5) is 9.61. The molecule has 0 aliphatic carbocycles. The van der Waals surface area contributed by atoms with Gasteiger partial charge in [-0.25, -0.2) is 4.99 Å². The molecular formula is C22H39N5O2. The third-order valence-corrected chi connectivity index (χ3v) is 5.21. The summed E-state index contributed by atoms with van der Waals surface area (Å²) < 4.78 is 11.1. The second kappa shape index (κ2) is 12.7. The summed E-state index contributed by atoms with van der Waals surface area (Å²) in [5.41, 5.74) is 2.29. The number of aryl methyl sites for hydroxylation is 1. The molecule has 2 rings (SSSR count). The van der Waals surface area contributed by atoms with Gasteiger partial charge < -0.3 is 25.0 Å². The molecule has 7 nitrogen and oxygen atoms in total. The fourth-order valence-electron chi connectivity index (χ4n) is 3.35. The van der Waals surface area contributed by atoms with Crippen LogP contribution in [-0.2, 0) is 11.3 Å². The molecule has 0 bridgehead atoms. The highest BCUT2D eigenvalue weighted by atomic mass is 16.5. The Balaban J connectivity index is 1.98. The Labute approximate surface area is 176 Å². The summed E-state index contributed by atoms with van der Waals surface area (Å²) >= 11 is 0. The van der Waals surface area contributed by atoms with Crippen molar-refractivity contribution in [2.75, 3.05) is 67.1 Å². The van der Waals surface area contributed by atoms with E-state index in [1.54, 1.807) is 7.11 Å². The molecule has 29 heavy (non-hydrogen) atoms. The van der Waals surface area contributed by atoms with Crippen molar-refractivity contribution in [3.63, 3.8) is 0 Å². The second-order valence-corrected chi connectivity index (χ2v) is 7.78. The zero-order chi connectivity index (χ0) is 21.1. The van der Waals surface area contributed by atoms with Gasteiger partial charge in [0, 0.05) is 64.5 Å². The molecule has 1 aliphatic heterocycles. The van der Waals surface area contributed by atoms with Crippen LogP contribution in [0, 0.1) is 6.92 Å². The molecular weight excluding hydrogens is 366 g/mol. The molecule has 0 amide bonds. The SMILES string of the molecule is CCNC(=NCc1ccc(C)cc1OCCCOC)NCC1CN(C)CCN1C. The standard InChI is InChI=1S/C22H39N5O2/c1-6-23-22(25-16-20-17-26(3)10-11-27(20)4)24-15-19-9-8-18(2)14-21(19)29-13-7-12-28-5/h8-9,14,20H,6-7,10-13,15-17H2,1-5H3,(H2,23,24,25). The van der Waals surface area contributed by atoms with Gasteiger partial charge in [-0.3, -0.25) is 4.90 Å². The predicted octanol–water partition coefficient (Wildman–Crippen LogP) is 1.71. The van der Waals surface area contributed by atoms with Gasteiger partial charge in [-0.05, 0) is 39.6 Å². The average molecular weight is 406 g/mol. The van der Waals surface area contributed by atoms with Crippen molar-refractivity contribution in [3.05, 3.63) is 29.3 Å². The fourth-order valence-corrected chi connectivity index (χ4v) is 3.35. The zero-order valence-corrected chi connectivity index (χ0v) is 18.8. The van der Waals surface area contributed by atoms with Gasteiger partial charge in [0.05, 0.1) is 13.2 Å². The number of aliphatic imine (C=N–C) groups is 1. The minimum Gasteiger partial charge on any atom is -0.493 e. The molecule has 0 saturated carbocycles. The van der Waals surface area contributed by atoms with E-state index in [9.17, 15) is 0 Å². The van der Waals surface area contributed by atoms with Crippen molar-refractivity contribution in [2.45, 2.75) is 32.9 Å². The molecule has 1 aliphatic rings. The number of guanidine groups is 1. The lowest BCUT2D eigenvalue weighted by molar-refractivity contribution is 0.116. The van der Waals surface area contributed by atoms with Crippen LogP contribution in [-0.4, -0.2) is 88.9 Å². The summed E-state index contributed by atoms with van der Waals surface area (Å²) in [5.74, 6) is 1.76. The van der Waals surface area contributed by atoms with E-state index in [1.807, 2.05) is 0 Å². The highest BCUT2D eigenvalue weighted by Gasteiger charge is 2.22. The smallest absolute Gasteiger partial charge is 0.191 e. The zero-order valence-electron chi connectivity index (χ0n) is 18.8. The van der Waals surface area contributed by atoms with Crippen molar-refractivity contribution in [1.82, 2.24) is 20.4 Å². The molecule has 1 atom stereocenters. The second-order valence-electron chi connectivity index (χ2n) is 7.78. The van der Waals surface area contributed by atoms with Crippen LogP contribution in [0.15, 0.2) is 23.2 Å². The maximum Gasteiger partial charge on any atom is 0.191 e. The first-order valence-corrected chi connectivity index (χ1v) is 10.7. The van der Waals surface area contributed by atoms with Crippen LogP contribution in [0.4, 0.5) is 0 Å². The molecule has 2 N–H and O–H groups in total. The van der Waals surface area contributed by atoms with Crippen molar-refractivity contribution < 1.29 is 9.47 Å². The third-order valence-electron chi connectivity index (χ3n) is 5.21. The molecule has 7 heteroatoms. The maximum atomic E-state index is 5.99. The molecule has 0 spiro atoms. The third kappa shape index (κ3) is 8.20. The number of piperazine rings is 1. The van der Waals surface area contributed by atoms with Gasteiger partial charge in [0.25, 0.3) is 0 Å². The first kappa shape index (κ1) is 23.4. The summed E-state index contributed by atoms with van der Waals surface area (Å²) in [5, 5.41) is 6.87. The van der Waals surface area contributed by atoms with Gasteiger partial charge in [-0.2, -0.15) is 0 Å². The van der Waals surface area contributed by atoms with Crippen molar-refractivity contribution in [2.24, 2.45) is 4.99 Å². The lowest BCUT2D eigenvalue weighted by Crippen LogP contribution is -2.55. The number of hydrogen-bond acceptors (Lipinski definition) is 5. The number of rotatable bonds is 10. The lowest BCUT2D eigenvalue weighted by atomic mass is 10.1. The van der Waals surface area contributed by atoms with Crippen LogP contribution in [0.25, 0.3) is 0 Å². The Morgan fingerprint density at radius 3 is 2.79 bits per heavy atom. The van der Waals surface area contributed by atoms with Crippen LogP contribution in [0.1, 0.15) is 24.5 Å². The molecule has 1 fully saturated rings. The first-order chi connectivity index (χ1) is 14.0.